The van der Waals surface area contributed by atoms with Crippen molar-refractivity contribution in [1.29, 1.82) is 0 Å². The minimum atomic E-state index is -3.67. The lowest BCUT2D eigenvalue weighted by Gasteiger charge is -2.19. The number of hydrogen-bond donors (Lipinski definition) is 1. The third kappa shape index (κ3) is 3.85. The fraction of sp³-hybridized carbons (Fsp3) is 0.235. The van der Waals surface area contributed by atoms with Gasteiger partial charge in [0, 0.05) is 0 Å². The molecule has 0 aliphatic carbocycles. The Bertz CT molecular complexity index is 942. The standard InChI is InChI=1S/C17H19N5O2S/c1-17(2,3)13-4-7-15(8-5-13)25(23,24)21-14-6-9-16(19-10-14)22-12-18-11-20-22/h4-12,21H,1-3H3. The first kappa shape index (κ1) is 17.1. The molecule has 2 heterocycles. The van der Waals surface area contributed by atoms with Gasteiger partial charge in [0.15, 0.2) is 5.82 Å². The molecule has 0 atom stereocenters. The lowest BCUT2D eigenvalue weighted by molar-refractivity contribution is 0.587. The molecule has 7 nitrogen and oxygen atoms in total. The molecular weight excluding hydrogens is 338 g/mol. The summed E-state index contributed by atoms with van der Waals surface area (Å²) in [4.78, 5) is 8.23. The zero-order valence-corrected chi connectivity index (χ0v) is 15.0. The summed E-state index contributed by atoms with van der Waals surface area (Å²) in [6, 6.07) is 10.2. The highest BCUT2D eigenvalue weighted by molar-refractivity contribution is 7.92. The van der Waals surface area contributed by atoms with Crippen LogP contribution < -0.4 is 4.72 Å². The second kappa shape index (κ2) is 6.29. The summed E-state index contributed by atoms with van der Waals surface area (Å²) in [6.45, 7) is 6.24. The average Bonchev–Trinajstić information content (AvgIpc) is 3.09. The summed E-state index contributed by atoms with van der Waals surface area (Å²) in [7, 11) is -3.67. The van der Waals surface area contributed by atoms with E-state index >= 15 is 0 Å². The van der Waals surface area contributed by atoms with E-state index in [9.17, 15) is 8.42 Å². The van der Waals surface area contributed by atoms with Crippen molar-refractivity contribution >= 4 is 15.7 Å². The number of pyridine rings is 1. The zero-order valence-electron chi connectivity index (χ0n) is 14.2. The van der Waals surface area contributed by atoms with Crippen LogP contribution >= 0.6 is 0 Å². The number of rotatable bonds is 4. The average molecular weight is 357 g/mol. The Balaban J connectivity index is 1.79. The van der Waals surface area contributed by atoms with Gasteiger partial charge in [0.05, 0.1) is 16.8 Å². The van der Waals surface area contributed by atoms with Gasteiger partial charge in [-0.25, -0.2) is 23.1 Å². The maximum atomic E-state index is 12.5. The Hall–Kier alpha value is -2.74. The largest absolute Gasteiger partial charge is 0.278 e. The molecule has 0 radical (unpaired) electrons. The molecule has 8 heteroatoms. The molecule has 2 aromatic heterocycles. The van der Waals surface area contributed by atoms with Crippen molar-refractivity contribution in [3.63, 3.8) is 0 Å². The highest BCUT2D eigenvalue weighted by Gasteiger charge is 2.17. The fourth-order valence-corrected chi connectivity index (χ4v) is 3.30. The lowest BCUT2D eigenvalue weighted by Crippen LogP contribution is -2.15. The summed E-state index contributed by atoms with van der Waals surface area (Å²) in [5.74, 6) is 0.551. The normalized spacial score (nSPS) is 12.1. The van der Waals surface area contributed by atoms with Crippen molar-refractivity contribution in [2.24, 2.45) is 0 Å². The predicted octanol–water partition coefficient (Wildman–Crippen LogP) is 2.76. The zero-order chi connectivity index (χ0) is 18.1. The van der Waals surface area contributed by atoms with Crippen LogP contribution in [0.15, 0.2) is 60.1 Å². The fourth-order valence-electron chi connectivity index (χ4n) is 2.26. The van der Waals surface area contributed by atoms with Gasteiger partial charge >= 0.3 is 0 Å². The second-order valence-corrected chi connectivity index (χ2v) is 8.31. The molecule has 0 saturated carbocycles. The van der Waals surface area contributed by atoms with Crippen molar-refractivity contribution in [1.82, 2.24) is 19.7 Å². The van der Waals surface area contributed by atoms with Crippen LogP contribution in [0.2, 0.25) is 0 Å². The van der Waals surface area contributed by atoms with Gasteiger partial charge in [-0.2, -0.15) is 5.10 Å². The van der Waals surface area contributed by atoms with E-state index in [-0.39, 0.29) is 10.3 Å². The van der Waals surface area contributed by atoms with Gasteiger partial charge in [0.25, 0.3) is 10.0 Å². The molecule has 0 bridgehead atoms. The van der Waals surface area contributed by atoms with Crippen molar-refractivity contribution in [2.75, 3.05) is 4.72 Å². The van der Waals surface area contributed by atoms with Crippen LogP contribution in [-0.2, 0) is 15.4 Å². The number of nitrogens with one attached hydrogen (secondary N) is 1. The highest BCUT2D eigenvalue weighted by Crippen LogP contribution is 2.24. The summed E-state index contributed by atoms with van der Waals surface area (Å²) >= 11 is 0. The number of sulfonamides is 1. The first-order chi connectivity index (χ1) is 11.8. The third-order valence-electron chi connectivity index (χ3n) is 3.68. The maximum absolute atomic E-state index is 12.5. The molecule has 3 aromatic rings. The molecule has 0 saturated heterocycles. The van der Waals surface area contributed by atoms with Crippen LogP contribution in [0, 0.1) is 0 Å². The summed E-state index contributed by atoms with van der Waals surface area (Å²) < 4.78 is 29.0. The van der Waals surface area contributed by atoms with E-state index in [1.54, 1.807) is 24.3 Å². The van der Waals surface area contributed by atoms with Crippen molar-refractivity contribution in [3.8, 4) is 5.82 Å². The van der Waals surface area contributed by atoms with Gasteiger partial charge in [-0.3, -0.25) is 4.72 Å². The van der Waals surface area contributed by atoms with Crippen LogP contribution in [0.3, 0.4) is 0 Å². The monoisotopic (exact) mass is 357 g/mol. The molecule has 0 aliphatic heterocycles. The topological polar surface area (TPSA) is 89.8 Å². The minimum Gasteiger partial charge on any atom is -0.278 e. The molecule has 130 valence electrons. The van der Waals surface area contributed by atoms with Crippen LogP contribution in [0.5, 0.6) is 0 Å². The Kier molecular flexibility index (Phi) is 4.30. The van der Waals surface area contributed by atoms with Gasteiger partial charge < -0.3 is 0 Å². The summed E-state index contributed by atoms with van der Waals surface area (Å²) in [5.41, 5.74) is 1.42. The van der Waals surface area contributed by atoms with Gasteiger partial charge in [0.2, 0.25) is 0 Å². The summed E-state index contributed by atoms with van der Waals surface area (Å²) in [5, 5.41) is 3.97. The predicted molar refractivity (Wildman–Crippen MR) is 95.1 cm³/mol. The van der Waals surface area contributed by atoms with Crippen LogP contribution in [0.4, 0.5) is 5.69 Å². The number of benzene rings is 1. The van der Waals surface area contributed by atoms with Crippen molar-refractivity contribution in [2.45, 2.75) is 31.1 Å². The van der Waals surface area contributed by atoms with Gasteiger partial charge in [-0.1, -0.05) is 32.9 Å². The highest BCUT2D eigenvalue weighted by atomic mass is 32.2. The number of nitrogens with zero attached hydrogens (tertiary/aromatic N) is 4. The van der Waals surface area contributed by atoms with E-state index in [2.05, 4.69) is 40.6 Å². The lowest BCUT2D eigenvalue weighted by atomic mass is 9.87. The number of hydrogen-bond acceptors (Lipinski definition) is 5. The van der Waals surface area contributed by atoms with E-state index in [4.69, 9.17) is 0 Å². The molecule has 0 amide bonds. The van der Waals surface area contributed by atoms with Crippen molar-refractivity contribution < 1.29 is 8.42 Å². The quantitative estimate of drug-likeness (QED) is 0.775. The molecule has 0 aliphatic rings. The smallest absolute Gasteiger partial charge is 0.261 e. The van der Waals surface area contributed by atoms with Crippen LogP contribution in [0.25, 0.3) is 5.82 Å². The minimum absolute atomic E-state index is 0.0309. The first-order valence-corrected chi connectivity index (χ1v) is 9.18. The Labute approximate surface area is 146 Å². The van der Waals surface area contributed by atoms with E-state index in [1.807, 2.05) is 12.1 Å². The molecule has 0 spiro atoms. The van der Waals surface area contributed by atoms with Gasteiger partial charge in [0.1, 0.15) is 12.7 Å². The number of aromatic nitrogens is 4. The SMILES string of the molecule is CC(C)(C)c1ccc(S(=O)(=O)Nc2ccc(-n3cncn3)nc2)cc1. The van der Waals surface area contributed by atoms with Crippen LogP contribution in [-0.4, -0.2) is 28.2 Å². The molecule has 3 rings (SSSR count). The van der Waals surface area contributed by atoms with E-state index in [0.29, 0.717) is 11.5 Å². The molecule has 0 unspecified atom stereocenters. The molecule has 1 N–H and O–H groups in total. The molecule has 0 fully saturated rings. The maximum Gasteiger partial charge on any atom is 0.261 e. The number of anilines is 1. The van der Waals surface area contributed by atoms with Gasteiger partial charge in [-0.05, 0) is 35.2 Å². The molecule has 25 heavy (non-hydrogen) atoms. The Morgan fingerprint density at radius 3 is 2.28 bits per heavy atom. The molecule has 1 aromatic carbocycles. The summed E-state index contributed by atoms with van der Waals surface area (Å²) in [6.07, 6.45) is 4.36. The second-order valence-electron chi connectivity index (χ2n) is 6.63. The van der Waals surface area contributed by atoms with E-state index in [0.717, 1.165) is 5.56 Å². The molecular formula is C17H19N5O2S. The third-order valence-corrected chi connectivity index (χ3v) is 5.08. The Morgan fingerprint density at radius 1 is 1.04 bits per heavy atom. The van der Waals surface area contributed by atoms with E-state index in [1.165, 1.54) is 23.5 Å². The van der Waals surface area contributed by atoms with Crippen molar-refractivity contribution in [3.05, 3.63) is 60.8 Å². The van der Waals surface area contributed by atoms with Crippen LogP contribution in [0.1, 0.15) is 26.3 Å². The first-order valence-electron chi connectivity index (χ1n) is 7.70. The van der Waals surface area contributed by atoms with Gasteiger partial charge in [-0.15, -0.1) is 0 Å². The Morgan fingerprint density at radius 2 is 1.76 bits per heavy atom. The van der Waals surface area contributed by atoms with E-state index < -0.39 is 10.0 Å².